The number of fused-ring (bicyclic) bond motifs is 1. The van der Waals surface area contributed by atoms with E-state index in [1.807, 2.05) is 47.4 Å². The summed E-state index contributed by atoms with van der Waals surface area (Å²) in [5, 5.41) is 9.06. The minimum atomic E-state index is -0.843. The topological polar surface area (TPSA) is 57.6 Å². The average molecular weight is 374 g/mol. The first-order chi connectivity index (χ1) is 11.0. The standard InChI is InChI=1S/C18H16BrNO3/c1-11(18(22)23)12-5-7-14(8-6-12)20-9-13-3-2-4-15(19)17(13)16(21)10-20/h2-8,11H,9-10H2,1H3,(H,22,23). The van der Waals surface area contributed by atoms with E-state index in [2.05, 4.69) is 15.9 Å². The van der Waals surface area contributed by atoms with E-state index in [1.165, 1.54) is 0 Å². The van der Waals surface area contributed by atoms with Crippen LogP contribution >= 0.6 is 15.9 Å². The summed E-state index contributed by atoms with van der Waals surface area (Å²) in [6.45, 7) is 2.65. The van der Waals surface area contributed by atoms with Crippen molar-refractivity contribution in [2.24, 2.45) is 0 Å². The van der Waals surface area contributed by atoms with Crippen LogP contribution in [0.1, 0.15) is 34.3 Å². The van der Waals surface area contributed by atoms with E-state index in [9.17, 15) is 9.59 Å². The van der Waals surface area contributed by atoms with Gasteiger partial charge in [-0.1, -0.05) is 40.2 Å². The Morgan fingerprint density at radius 1 is 1.17 bits per heavy atom. The largest absolute Gasteiger partial charge is 0.481 e. The third-order valence-corrected chi connectivity index (χ3v) is 4.86. The number of carbonyl (C=O) groups is 2. The number of hydrogen-bond donors (Lipinski definition) is 1. The van der Waals surface area contributed by atoms with Crippen LogP contribution in [0.4, 0.5) is 5.69 Å². The fraction of sp³-hybridized carbons (Fsp3) is 0.222. The summed E-state index contributed by atoms with van der Waals surface area (Å²) < 4.78 is 0.838. The van der Waals surface area contributed by atoms with Crippen LogP contribution < -0.4 is 4.90 Å². The summed E-state index contributed by atoms with van der Waals surface area (Å²) >= 11 is 3.44. The highest BCUT2D eigenvalue weighted by molar-refractivity contribution is 9.10. The molecule has 0 saturated carbocycles. The second kappa shape index (κ2) is 6.16. The molecule has 5 heteroatoms. The number of rotatable bonds is 3. The highest BCUT2D eigenvalue weighted by atomic mass is 79.9. The van der Waals surface area contributed by atoms with E-state index >= 15 is 0 Å². The minimum Gasteiger partial charge on any atom is -0.481 e. The van der Waals surface area contributed by atoms with Crippen molar-refractivity contribution in [2.75, 3.05) is 11.4 Å². The Morgan fingerprint density at radius 2 is 1.87 bits per heavy atom. The molecule has 3 rings (SSSR count). The molecule has 0 spiro atoms. The van der Waals surface area contributed by atoms with Crippen molar-refractivity contribution in [3.05, 3.63) is 63.6 Å². The zero-order valence-corrected chi connectivity index (χ0v) is 14.2. The number of carboxylic acid groups (broad SMARTS) is 1. The van der Waals surface area contributed by atoms with E-state index in [4.69, 9.17) is 5.11 Å². The molecule has 118 valence electrons. The SMILES string of the molecule is CC(C(=O)O)c1ccc(N2CC(=O)c3c(Br)cccc3C2)cc1. The predicted molar refractivity (Wildman–Crippen MR) is 92.0 cm³/mol. The molecular formula is C18H16BrNO3. The zero-order valence-electron chi connectivity index (χ0n) is 12.6. The number of anilines is 1. The summed E-state index contributed by atoms with van der Waals surface area (Å²) in [6.07, 6.45) is 0. The van der Waals surface area contributed by atoms with Gasteiger partial charge in [0.05, 0.1) is 12.5 Å². The van der Waals surface area contributed by atoms with Gasteiger partial charge in [-0.2, -0.15) is 0 Å². The Hall–Kier alpha value is -2.14. The fourth-order valence-corrected chi connectivity index (χ4v) is 3.45. The van der Waals surface area contributed by atoms with E-state index in [-0.39, 0.29) is 5.78 Å². The zero-order chi connectivity index (χ0) is 16.6. The quantitative estimate of drug-likeness (QED) is 0.887. The van der Waals surface area contributed by atoms with Crippen LogP contribution in [0.15, 0.2) is 46.9 Å². The molecule has 2 aromatic carbocycles. The minimum absolute atomic E-state index is 0.0849. The Kier molecular flexibility index (Phi) is 4.22. The van der Waals surface area contributed by atoms with Gasteiger partial charge in [-0.15, -0.1) is 0 Å². The molecule has 1 unspecified atom stereocenters. The van der Waals surface area contributed by atoms with Gasteiger partial charge in [0.1, 0.15) is 0 Å². The van der Waals surface area contributed by atoms with Gasteiger partial charge >= 0.3 is 5.97 Å². The van der Waals surface area contributed by atoms with Gasteiger partial charge in [-0.3, -0.25) is 9.59 Å². The van der Waals surface area contributed by atoms with Crippen molar-refractivity contribution in [3.63, 3.8) is 0 Å². The highest BCUT2D eigenvalue weighted by Gasteiger charge is 2.25. The Morgan fingerprint density at radius 3 is 2.52 bits per heavy atom. The molecule has 0 aliphatic carbocycles. The van der Waals surface area contributed by atoms with Crippen LogP contribution in [0.5, 0.6) is 0 Å². The lowest BCUT2D eigenvalue weighted by Gasteiger charge is -2.30. The molecule has 0 bridgehead atoms. The summed E-state index contributed by atoms with van der Waals surface area (Å²) in [6, 6.07) is 13.2. The van der Waals surface area contributed by atoms with Gasteiger partial charge in [0.25, 0.3) is 0 Å². The molecule has 23 heavy (non-hydrogen) atoms. The Bertz CT molecular complexity index is 770. The van der Waals surface area contributed by atoms with E-state index in [0.29, 0.717) is 13.1 Å². The van der Waals surface area contributed by atoms with Gasteiger partial charge in [-0.25, -0.2) is 0 Å². The molecule has 0 radical (unpaired) electrons. The van der Waals surface area contributed by atoms with Crippen molar-refractivity contribution < 1.29 is 14.7 Å². The molecule has 0 saturated heterocycles. The van der Waals surface area contributed by atoms with E-state index in [1.54, 1.807) is 6.92 Å². The fourth-order valence-electron chi connectivity index (χ4n) is 2.83. The molecule has 1 heterocycles. The summed E-state index contributed by atoms with van der Waals surface area (Å²) in [5.41, 5.74) is 3.44. The second-order valence-corrected chi connectivity index (χ2v) is 6.56. The van der Waals surface area contributed by atoms with Gasteiger partial charge in [0.2, 0.25) is 0 Å². The molecule has 0 fully saturated rings. The molecule has 1 atom stereocenters. The number of hydrogen-bond acceptors (Lipinski definition) is 3. The van der Waals surface area contributed by atoms with Crippen LogP contribution in [-0.4, -0.2) is 23.4 Å². The monoisotopic (exact) mass is 373 g/mol. The van der Waals surface area contributed by atoms with Gasteiger partial charge < -0.3 is 10.0 Å². The molecule has 1 N–H and O–H groups in total. The summed E-state index contributed by atoms with van der Waals surface area (Å²) in [7, 11) is 0. The molecule has 4 nitrogen and oxygen atoms in total. The van der Waals surface area contributed by atoms with Crippen LogP contribution in [0.3, 0.4) is 0 Å². The maximum atomic E-state index is 12.4. The number of aliphatic carboxylic acids is 1. The van der Waals surface area contributed by atoms with Crippen molar-refractivity contribution >= 4 is 33.4 Å². The number of Topliss-reactive ketones (excluding diaryl/α,β-unsaturated/α-hetero) is 1. The Labute approximate surface area is 142 Å². The maximum Gasteiger partial charge on any atom is 0.310 e. The third-order valence-electron chi connectivity index (χ3n) is 4.20. The van der Waals surface area contributed by atoms with Gasteiger partial charge in [0.15, 0.2) is 5.78 Å². The number of halogens is 1. The number of benzene rings is 2. The lowest BCUT2D eigenvalue weighted by atomic mass is 9.97. The van der Waals surface area contributed by atoms with Crippen LogP contribution in [0, 0.1) is 0 Å². The number of carbonyl (C=O) groups excluding carboxylic acids is 1. The first-order valence-electron chi connectivity index (χ1n) is 7.35. The predicted octanol–water partition coefficient (Wildman–Crippen LogP) is 3.84. The van der Waals surface area contributed by atoms with Crippen molar-refractivity contribution in [1.82, 2.24) is 0 Å². The maximum absolute atomic E-state index is 12.4. The molecule has 0 amide bonds. The first kappa shape index (κ1) is 15.7. The molecule has 0 aromatic heterocycles. The molecule has 1 aliphatic rings. The van der Waals surface area contributed by atoms with Crippen molar-refractivity contribution in [2.45, 2.75) is 19.4 Å². The molecular weight excluding hydrogens is 358 g/mol. The first-order valence-corrected chi connectivity index (χ1v) is 8.15. The normalized spacial score (nSPS) is 15.2. The average Bonchev–Trinajstić information content (AvgIpc) is 2.54. The van der Waals surface area contributed by atoms with Crippen LogP contribution in [0.25, 0.3) is 0 Å². The lowest BCUT2D eigenvalue weighted by molar-refractivity contribution is -0.138. The smallest absolute Gasteiger partial charge is 0.310 e. The molecule has 2 aromatic rings. The summed E-state index contributed by atoms with van der Waals surface area (Å²) in [5.74, 6) is -1.30. The highest BCUT2D eigenvalue weighted by Crippen LogP contribution is 2.30. The van der Waals surface area contributed by atoms with Gasteiger partial charge in [0, 0.05) is 22.3 Å². The van der Waals surface area contributed by atoms with Crippen molar-refractivity contribution in [3.8, 4) is 0 Å². The lowest BCUT2D eigenvalue weighted by Crippen LogP contribution is -2.35. The molecule has 1 aliphatic heterocycles. The van der Waals surface area contributed by atoms with Gasteiger partial charge in [-0.05, 0) is 36.2 Å². The Balaban J connectivity index is 1.86. The number of ketones is 1. The third kappa shape index (κ3) is 3.01. The summed E-state index contributed by atoms with van der Waals surface area (Å²) in [4.78, 5) is 25.5. The van der Waals surface area contributed by atoms with Crippen molar-refractivity contribution in [1.29, 1.82) is 0 Å². The number of carboxylic acids is 1. The number of nitrogens with zero attached hydrogens (tertiary/aromatic N) is 1. The van der Waals surface area contributed by atoms with E-state index < -0.39 is 11.9 Å². The van der Waals surface area contributed by atoms with Crippen LogP contribution in [-0.2, 0) is 11.3 Å². The second-order valence-electron chi connectivity index (χ2n) is 5.70. The van der Waals surface area contributed by atoms with E-state index in [0.717, 1.165) is 26.9 Å². The van der Waals surface area contributed by atoms with Crippen LogP contribution in [0.2, 0.25) is 0 Å².